The second-order valence-corrected chi connectivity index (χ2v) is 4.92. The van der Waals surface area contributed by atoms with Crippen molar-refractivity contribution in [2.75, 3.05) is 13.1 Å². The molecule has 2 heteroatoms. The van der Waals surface area contributed by atoms with Gasteiger partial charge in [0.1, 0.15) is 5.78 Å². The van der Waals surface area contributed by atoms with Gasteiger partial charge in [-0.1, -0.05) is 13.3 Å². The summed E-state index contributed by atoms with van der Waals surface area (Å²) in [4.78, 5) is 11.8. The first kappa shape index (κ1) is 10.2. The number of Topliss-reactive ketones (excluding diaryl/α,β-unsaturated/α-hetero) is 1. The zero-order valence-electron chi connectivity index (χ0n) is 9.09. The lowest BCUT2D eigenvalue weighted by atomic mass is 9.96. The van der Waals surface area contributed by atoms with E-state index in [0.717, 1.165) is 44.2 Å². The molecule has 0 amide bonds. The Bertz CT molecular complexity index is 202. The average molecular weight is 195 g/mol. The van der Waals surface area contributed by atoms with E-state index in [-0.39, 0.29) is 0 Å². The van der Waals surface area contributed by atoms with Crippen LogP contribution in [0.5, 0.6) is 0 Å². The Labute approximate surface area is 86.5 Å². The summed E-state index contributed by atoms with van der Waals surface area (Å²) in [7, 11) is 0. The SMILES string of the molecule is CCCCC(=O)C1C[C@H]2CNC[C@H]2C1. The van der Waals surface area contributed by atoms with Gasteiger partial charge in [-0.15, -0.1) is 0 Å². The van der Waals surface area contributed by atoms with E-state index < -0.39 is 0 Å². The number of nitrogens with one attached hydrogen (secondary N) is 1. The molecule has 0 bridgehead atoms. The average Bonchev–Trinajstić information content (AvgIpc) is 2.72. The largest absolute Gasteiger partial charge is 0.316 e. The fourth-order valence-electron chi connectivity index (χ4n) is 2.98. The molecule has 1 heterocycles. The van der Waals surface area contributed by atoms with Crippen LogP contribution in [0.2, 0.25) is 0 Å². The van der Waals surface area contributed by atoms with Crippen molar-refractivity contribution in [3.63, 3.8) is 0 Å². The molecule has 0 aromatic carbocycles. The van der Waals surface area contributed by atoms with Crippen LogP contribution < -0.4 is 5.32 Å². The monoisotopic (exact) mass is 195 g/mol. The van der Waals surface area contributed by atoms with Crippen LogP contribution in [0.25, 0.3) is 0 Å². The molecule has 80 valence electrons. The molecule has 0 radical (unpaired) electrons. The molecule has 2 rings (SSSR count). The molecular formula is C12H21NO. The molecule has 14 heavy (non-hydrogen) atoms. The number of hydrogen-bond donors (Lipinski definition) is 1. The molecule has 3 atom stereocenters. The van der Waals surface area contributed by atoms with E-state index in [0.29, 0.717) is 11.7 Å². The van der Waals surface area contributed by atoms with Crippen molar-refractivity contribution in [2.45, 2.75) is 39.0 Å². The highest BCUT2D eigenvalue weighted by Gasteiger charge is 2.39. The highest BCUT2D eigenvalue weighted by atomic mass is 16.1. The first-order valence-corrected chi connectivity index (χ1v) is 6.04. The Balaban J connectivity index is 1.80. The summed E-state index contributed by atoms with van der Waals surface area (Å²) < 4.78 is 0. The molecule has 2 aliphatic rings. The van der Waals surface area contributed by atoms with Gasteiger partial charge in [-0.2, -0.15) is 0 Å². The van der Waals surface area contributed by atoms with Crippen LogP contribution in [0.1, 0.15) is 39.0 Å². The molecule has 2 nitrogen and oxygen atoms in total. The Kier molecular flexibility index (Phi) is 3.22. The van der Waals surface area contributed by atoms with Crippen LogP contribution in [-0.2, 0) is 4.79 Å². The molecular weight excluding hydrogens is 174 g/mol. The highest BCUT2D eigenvalue weighted by Crippen LogP contribution is 2.39. The number of fused-ring (bicyclic) bond motifs is 1. The Morgan fingerprint density at radius 2 is 1.93 bits per heavy atom. The Hall–Kier alpha value is -0.370. The van der Waals surface area contributed by atoms with Crippen LogP contribution in [0, 0.1) is 17.8 Å². The number of carbonyl (C=O) groups excluding carboxylic acids is 1. The number of rotatable bonds is 4. The van der Waals surface area contributed by atoms with Crippen LogP contribution in [0.15, 0.2) is 0 Å². The fraction of sp³-hybridized carbons (Fsp3) is 0.917. The fourth-order valence-corrected chi connectivity index (χ4v) is 2.98. The second kappa shape index (κ2) is 4.43. The number of ketones is 1. The molecule has 1 unspecified atom stereocenters. The number of unbranched alkanes of at least 4 members (excludes halogenated alkanes) is 1. The molecule has 1 aliphatic carbocycles. The van der Waals surface area contributed by atoms with Gasteiger partial charge in [0.2, 0.25) is 0 Å². The van der Waals surface area contributed by atoms with E-state index in [1.807, 2.05) is 0 Å². The topological polar surface area (TPSA) is 29.1 Å². The van der Waals surface area contributed by atoms with Crippen LogP contribution in [0.3, 0.4) is 0 Å². The van der Waals surface area contributed by atoms with Gasteiger partial charge >= 0.3 is 0 Å². The maximum absolute atomic E-state index is 11.8. The summed E-state index contributed by atoms with van der Waals surface area (Å²) in [5, 5.41) is 3.42. The second-order valence-electron chi connectivity index (χ2n) is 4.92. The van der Waals surface area contributed by atoms with Gasteiger partial charge in [-0.25, -0.2) is 0 Å². The highest BCUT2D eigenvalue weighted by molar-refractivity contribution is 5.81. The van der Waals surface area contributed by atoms with Crippen molar-refractivity contribution >= 4 is 5.78 Å². The molecule has 1 saturated heterocycles. The van der Waals surface area contributed by atoms with Gasteiger partial charge < -0.3 is 5.32 Å². The van der Waals surface area contributed by atoms with Gasteiger partial charge in [-0.3, -0.25) is 4.79 Å². The smallest absolute Gasteiger partial charge is 0.135 e. The molecule has 1 aliphatic heterocycles. The van der Waals surface area contributed by atoms with E-state index in [2.05, 4.69) is 12.2 Å². The van der Waals surface area contributed by atoms with Crippen LogP contribution in [0.4, 0.5) is 0 Å². The Morgan fingerprint density at radius 1 is 1.29 bits per heavy atom. The summed E-state index contributed by atoms with van der Waals surface area (Å²) in [5.41, 5.74) is 0. The lowest BCUT2D eigenvalue weighted by molar-refractivity contribution is -0.122. The molecule has 0 spiro atoms. The van der Waals surface area contributed by atoms with E-state index in [4.69, 9.17) is 0 Å². The molecule has 1 N–H and O–H groups in total. The van der Waals surface area contributed by atoms with Crippen LogP contribution >= 0.6 is 0 Å². The maximum atomic E-state index is 11.8. The minimum absolute atomic E-state index is 0.415. The predicted molar refractivity (Wildman–Crippen MR) is 57.1 cm³/mol. The first-order valence-electron chi connectivity index (χ1n) is 6.04. The van der Waals surface area contributed by atoms with E-state index in [1.165, 1.54) is 12.8 Å². The standard InChI is InChI=1S/C12H21NO/c1-2-3-4-12(14)9-5-10-7-13-8-11(10)6-9/h9-11,13H,2-8H2,1H3/t9?,10-,11+. The molecule has 0 aromatic rings. The van der Waals surface area contributed by atoms with Crippen molar-refractivity contribution in [1.29, 1.82) is 0 Å². The predicted octanol–water partition coefficient (Wildman–Crippen LogP) is 1.99. The van der Waals surface area contributed by atoms with Crippen molar-refractivity contribution in [1.82, 2.24) is 5.32 Å². The quantitative estimate of drug-likeness (QED) is 0.743. The van der Waals surface area contributed by atoms with Gasteiger partial charge in [0.15, 0.2) is 0 Å². The minimum Gasteiger partial charge on any atom is -0.316 e. The normalized spacial score (nSPS) is 35.9. The lowest BCUT2D eigenvalue weighted by Crippen LogP contribution is -2.16. The third kappa shape index (κ3) is 2.00. The maximum Gasteiger partial charge on any atom is 0.135 e. The van der Waals surface area contributed by atoms with Gasteiger partial charge in [0, 0.05) is 12.3 Å². The zero-order valence-corrected chi connectivity index (χ0v) is 9.09. The van der Waals surface area contributed by atoms with E-state index >= 15 is 0 Å². The van der Waals surface area contributed by atoms with E-state index in [9.17, 15) is 4.79 Å². The summed E-state index contributed by atoms with van der Waals surface area (Å²) >= 11 is 0. The Morgan fingerprint density at radius 3 is 2.50 bits per heavy atom. The van der Waals surface area contributed by atoms with Gasteiger partial charge in [0.25, 0.3) is 0 Å². The van der Waals surface area contributed by atoms with E-state index in [1.54, 1.807) is 0 Å². The molecule has 0 aromatic heterocycles. The third-order valence-electron chi connectivity index (χ3n) is 3.89. The summed E-state index contributed by atoms with van der Waals surface area (Å²) in [6.07, 6.45) is 5.39. The summed E-state index contributed by atoms with van der Waals surface area (Å²) in [6.45, 7) is 4.46. The van der Waals surface area contributed by atoms with Crippen molar-refractivity contribution < 1.29 is 4.79 Å². The van der Waals surface area contributed by atoms with Crippen LogP contribution in [-0.4, -0.2) is 18.9 Å². The van der Waals surface area contributed by atoms with Gasteiger partial charge in [-0.05, 0) is 44.2 Å². The molecule has 2 fully saturated rings. The van der Waals surface area contributed by atoms with Crippen molar-refractivity contribution in [3.8, 4) is 0 Å². The van der Waals surface area contributed by atoms with Gasteiger partial charge in [0.05, 0.1) is 0 Å². The molecule has 1 saturated carbocycles. The first-order chi connectivity index (χ1) is 6.81. The number of carbonyl (C=O) groups is 1. The van der Waals surface area contributed by atoms with Crippen molar-refractivity contribution in [3.05, 3.63) is 0 Å². The minimum atomic E-state index is 0.415. The third-order valence-corrected chi connectivity index (χ3v) is 3.89. The number of hydrogen-bond acceptors (Lipinski definition) is 2. The summed E-state index contributed by atoms with van der Waals surface area (Å²) in [5.74, 6) is 2.58. The summed E-state index contributed by atoms with van der Waals surface area (Å²) in [6, 6.07) is 0. The zero-order chi connectivity index (χ0) is 9.97. The lowest BCUT2D eigenvalue weighted by Gasteiger charge is -2.09. The van der Waals surface area contributed by atoms with Crippen molar-refractivity contribution in [2.24, 2.45) is 17.8 Å².